The van der Waals surface area contributed by atoms with Gasteiger partial charge in [-0.3, -0.25) is 0 Å². The Labute approximate surface area is 146 Å². The first-order valence-electron chi connectivity index (χ1n) is 8.10. The monoisotopic (exact) mass is 338 g/mol. The van der Waals surface area contributed by atoms with E-state index in [1.54, 1.807) is 12.1 Å². The fraction of sp³-hybridized carbons (Fsp3) is 0.250. The predicted octanol–water partition coefficient (Wildman–Crippen LogP) is 3.84. The number of allylic oxidation sites excluding steroid dienone is 2. The Morgan fingerprint density at radius 2 is 1.96 bits per heavy atom. The zero-order valence-electron chi connectivity index (χ0n) is 13.3. The third-order valence-electron chi connectivity index (χ3n) is 5.18. The maximum absolute atomic E-state index is 11.0. The van der Waals surface area contributed by atoms with Crippen molar-refractivity contribution < 1.29 is 9.90 Å². The van der Waals surface area contributed by atoms with Crippen LogP contribution in [0.1, 0.15) is 45.4 Å². The number of hydrogen-bond acceptors (Lipinski definition) is 3. The van der Waals surface area contributed by atoms with E-state index in [1.807, 2.05) is 24.3 Å². The molecule has 24 heavy (non-hydrogen) atoms. The molecule has 0 saturated carbocycles. The Morgan fingerprint density at radius 3 is 2.67 bits per heavy atom. The van der Waals surface area contributed by atoms with E-state index in [-0.39, 0.29) is 11.6 Å². The second-order valence-electron chi connectivity index (χ2n) is 6.54. The smallest absolute Gasteiger partial charge is 0.0715 e. The van der Waals surface area contributed by atoms with Gasteiger partial charge >= 0.3 is 0 Å². The van der Waals surface area contributed by atoms with Gasteiger partial charge in [-0.05, 0) is 42.0 Å². The number of aryl methyl sites for hydroxylation is 1. The average molecular weight is 339 g/mol. The molecule has 4 rings (SSSR count). The van der Waals surface area contributed by atoms with Crippen molar-refractivity contribution in [2.24, 2.45) is 5.92 Å². The molecule has 0 saturated heterocycles. The minimum atomic E-state index is -1.15. The molecule has 4 heteroatoms. The lowest BCUT2D eigenvalue weighted by atomic mass is 9.76. The van der Waals surface area contributed by atoms with Crippen LogP contribution in [0.15, 0.2) is 48.6 Å². The lowest BCUT2D eigenvalue weighted by Gasteiger charge is -2.38. The summed E-state index contributed by atoms with van der Waals surface area (Å²) in [6, 6.07) is 11.1. The van der Waals surface area contributed by atoms with Gasteiger partial charge in [-0.2, -0.15) is 0 Å². The van der Waals surface area contributed by atoms with E-state index in [4.69, 9.17) is 11.6 Å². The van der Waals surface area contributed by atoms with Crippen LogP contribution in [-0.2, 0) is 0 Å². The van der Waals surface area contributed by atoms with Gasteiger partial charge in [-0.1, -0.05) is 54.1 Å². The summed E-state index contributed by atoms with van der Waals surface area (Å²) in [5.74, 6) is -0.475. The van der Waals surface area contributed by atoms with Crippen LogP contribution in [0.2, 0.25) is 5.02 Å². The average Bonchev–Trinajstić information content (AvgIpc) is 3.07. The molecule has 0 amide bonds. The fourth-order valence-corrected chi connectivity index (χ4v) is 4.25. The second-order valence-corrected chi connectivity index (χ2v) is 6.95. The number of anilines is 1. The number of hydrogen-bond donors (Lipinski definition) is 1. The number of rotatable bonds is 2. The predicted molar refractivity (Wildman–Crippen MR) is 93.3 cm³/mol. The molecule has 0 aromatic heterocycles. The van der Waals surface area contributed by atoms with Crippen LogP contribution in [0, 0.1) is 12.8 Å². The van der Waals surface area contributed by atoms with E-state index >= 15 is 0 Å². The van der Waals surface area contributed by atoms with Crippen LogP contribution >= 0.6 is 11.6 Å². The Bertz CT molecular complexity index is 841. The molecule has 2 aromatic carbocycles. The molecular formula is C20H17ClNO2-. The normalized spacial score (nSPS) is 24.2. The van der Waals surface area contributed by atoms with Crippen LogP contribution in [-0.4, -0.2) is 5.97 Å². The highest BCUT2D eigenvalue weighted by Crippen LogP contribution is 2.52. The SMILES string of the molecule is Cc1ccc(Cl)c2c1N[C@H](c1ccc(C(=O)[O-])cc1)[C@@H]1CC=C[C@H]21. The van der Waals surface area contributed by atoms with Crippen molar-refractivity contribution in [3.63, 3.8) is 0 Å². The lowest BCUT2D eigenvalue weighted by Crippen LogP contribution is -2.30. The van der Waals surface area contributed by atoms with Crippen molar-refractivity contribution in [1.29, 1.82) is 0 Å². The van der Waals surface area contributed by atoms with Crippen molar-refractivity contribution >= 4 is 23.3 Å². The molecule has 1 aliphatic carbocycles. The summed E-state index contributed by atoms with van der Waals surface area (Å²) in [5.41, 5.74) is 4.74. The van der Waals surface area contributed by atoms with Gasteiger partial charge in [0.05, 0.1) is 12.0 Å². The molecule has 0 spiro atoms. The van der Waals surface area contributed by atoms with Gasteiger partial charge in [-0.25, -0.2) is 0 Å². The van der Waals surface area contributed by atoms with Gasteiger partial charge in [0.2, 0.25) is 0 Å². The van der Waals surface area contributed by atoms with Crippen molar-refractivity contribution in [1.82, 2.24) is 0 Å². The number of nitrogens with one attached hydrogen (secondary N) is 1. The van der Waals surface area contributed by atoms with Crippen LogP contribution < -0.4 is 10.4 Å². The molecule has 1 aliphatic heterocycles. The van der Waals surface area contributed by atoms with Gasteiger partial charge in [0.1, 0.15) is 0 Å². The largest absolute Gasteiger partial charge is 0.545 e. The number of carboxylic acid groups (broad SMARTS) is 1. The van der Waals surface area contributed by atoms with E-state index in [2.05, 4.69) is 24.4 Å². The molecule has 2 aromatic rings. The first-order valence-corrected chi connectivity index (χ1v) is 8.47. The van der Waals surface area contributed by atoms with Gasteiger partial charge in [0, 0.05) is 22.2 Å². The molecule has 0 bridgehead atoms. The van der Waals surface area contributed by atoms with Crippen molar-refractivity contribution in [3.05, 3.63) is 75.8 Å². The first-order chi connectivity index (χ1) is 11.6. The quantitative estimate of drug-likeness (QED) is 0.846. The summed E-state index contributed by atoms with van der Waals surface area (Å²) in [6.45, 7) is 2.08. The first kappa shape index (κ1) is 15.3. The molecule has 2 aliphatic rings. The zero-order valence-corrected chi connectivity index (χ0v) is 14.0. The minimum absolute atomic E-state index is 0.130. The molecule has 0 unspecified atom stereocenters. The number of carbonyl (C=O) groups excluding carboxylic acids is 1. The topological polar surface area (TPSA) is 52.2 Å². The highest BCUT2D eigenvalue weighted by Gasteiger charge is 2.39. The Balaban J connectivity index is 1.78. The van der Waals surface area contributed by atoms with Crippen molar-refractivity contribution in [2.75, 3.05) is 5.32 Å². The standard InChI is InChI=1S/C20H18ClNO2/c1-11-5-10-16(21)17-14-3-2-4-15(14)19(22-18(11)17)12-6-8-13(9-7-12)20(23)24/h2-3,5-10,14-15,19,22H,4H2,1H3,(H,23,24)/p-1/t14-,15+,19+/m0/s1. The Hall–Kier alpha value is -2.26. The number of aromatic carboxylic acids is 1. The van der Waals surface area contributed by atoms with Crippen LogP contribution in [0.5, 0.6) is 0 Å². The summed E-state index contributed by atoms with van der Waals surface area (Å²) < 4.78 is 0. The van der Waals surface area contributed by atoms with Crippen molar-refractivity contribution in [3.8, 4) is 0 Å². The lowest BCUT2D eigenvalue weighted by molar-refractivity contribution is -0.255. The van der Waals surface area contributed by atoms with Gasteiger partial charge in [0.25, 0.3) is 0 Å². The fourth-order valence-electron chi connectivity index (χ4n) is 3.97. The minimum Gasteiger partial charge on any atom is -0.545 e. The van der Waals surface area contributed by atoms with Crippen LogP contribution in [0.25, 0.3) is 0 Å². The van der Waals surface area contributed by atoms with E-state index in [0.717, 1.165) is 22.7 Å². The van der Waals surface area contributed by atoms with Crippen LogP contribution in [0.4, 0.5) is 5.69 Å². The summed E-state index contributed by atoms with van der Waals surface area (Å²) in [4.78, 5) is 11.0. The summed E-state index contributed by atoms with van der Waals surface area (Å²) in [5, 5.41) is 15.4. The van der Waals surface area contributed by atoms with Crippen LogP contribution in [0.3, 0.4) is 0 Å². The van der Waals surface area contributed by atoms with Gasteiger partial charge in [0.15, 0.2) is 0 Å². The van der Waals surface area contributed by atoms with Crippen molar-refractivity contribution in [2.45, 2.75) is 25.3 Å². The number of fused-ring (bicyclic) bond motifs is 3. The van der Waals surface area contributed by atoms with E-state index in [9.17, 15) is 9.90 Å². The Morgan fingerprint density at radius 1 is 1.21 bits per heavy atom. The molecule has 1 heterocycles. The highest BCUT2D eigenvalue weighted by atomic mass is 35.5. The second kappa shape index (κ2) is 5.67. The molecule has 1 N–H and O–H groups in total. The summed E-state index contributed by atoms with van der Waals surface area (Å²) in [6.07, 6.45) is 5.44. The molecule has 3 nitrogen and oxygen atoms in total. The number of benzene rings is 2. The van der Waals surface area contributed by atoms with Gasteiger partial charge in [-0.15, -0.1) is 0 Å². The summed E-state index contributed by atoms with van der Waals surface area (Å²) in [7, 11) is 0. The number of carbonyl (C=O) groups is 1. The van der Waals surface area contributed by atoms with E-state index in [0.29, 0.717) is 11.8 Å². The number of halogens is 1. The van der Waals surface area contributed by atoms with E-state index in [1.165, 1.54) is 11.1 Å². The Kier molecular flexibility index (Phi) is 3.61. The van der Waals surface area contributed by atoms with Gasteiger partial charge < -0.3 is 15.2 Å². The molecule has 3 atom stereocenters. The molecule has 0 radical (unpaired) electrons. The molecular weight excluding hydrogens is 322 g/mol. The van der Waals surface area contributed by atoms with E-state index < -0.39 is 5.97 Å². The highest BCUT2D eigenvalue weighted by molar-refractivity contribution is 6.32. The number of carboxylic acids is 1. The summed E-state index contributed by atoms with van der Waals surface area (Å²) >= 11 is 6.48. The maximum Gasteiger partial charge on any atom is 0.0715 e. The third kappa shape index (κ3) is 2.31. The molecule has 0 fully saturated rings. The molecule has 122 valence electrons. The third-order valence-corrected chi connectivity index (χ3v) is 5.51. The maximum atomic E-state index is 11.0. The zero-order chi connectivity index (χ0) is 16.8.